The number of aliphatic carboxylic acids is 1. The Kier molecular flexibility index (Phi) is 3.21. The zero-order chi connectivity index (χ0) is 10.9. The van der Waals surface area contributed by atoms with Crippen molar-refractivity contribution in [3.63, 3.8) is 0 Å². The lowest BCUT2D eigenvalue weighted by Gasteiger charge is -2.13. The zero-order valence-corrected chi connectivity index (χ0v) is 8.84. The van der Waals surface area contributed by atoms with Gasteiger partial charge in [0.05, 0.1) is 0 Å². The number of amides is 1. The van der Waals surface area contributed by atoms with E-state index in [1.807, 2.05) is 0 Å². The molecule has 0 aliphatic carbocycles. The highest BCUT2D eigenvalue weighted by Crippen LogP contribution is 2.17. The average molecular weight is 207 g/mol. The van der Waals surface area contributed by atoms with Gasteiger partial charge in [0.15, 0.2) is 0 Å². The van der Waals surface area contributed by atoms with Crippen LogP contribution in [0.2, 0.25) is 0 Å². The van der Waals surface area contributed by atoms with Crippen LogP contribution >= 0.6 is 0 Å². The molecule has 0 radical (unpaired) electrons. The summed E-state index contributed by atoms with van der Waals surface area (Å²) in [5.41, 5.74) is -1.60. The van der Waals surface area contributed by atoms with Gasteiger partial charge in [-0.1, -0.05) is 0 Å². The van der Waals surface area contributed by atoms with E-state index in [1.165, 1.54) is 26.4 Å². The van der Waals surface area contributed by atoms with Crippen LogP contribution in [0.3, 0.4) is 0 Å². The molecular formula is C7H13NO4S. The molecule has 1 amide bonds. The van der Waals surface area contributed by atoms with Crippen molar-refractivity contribution in [2.75, 3.05) is 12.5 Å². The SMILES string of the molecule is CC(C)(C(=O)O)C(=O)N=S(C)(C)=O. The first-order valence-electron chi connectivity index (χ1n) is 3.52. The maximum absolute atomic E-state index is 11.2. The van der Waals surface area contributed by atoms with Crippen LogP contribution in [0.15, 0.2) is 4.36 Å². The Morgan fingerprint density at radius 2 is 1.69 bits per heavy atom. The molecule has 0 aliphatic rings. The molecule has 0 aromatic rings. The minimum atomic E-state index is -2.58. The van der Waals surface area contributed by atoms with E-state index < -0.39 is 27.0 Å². The summed E-state index contributed by atoms with van der Waals surface area (Å²) in [5.74, 6) is -2.14. The minimum Gasteiger partial charge on any atom is -0.480 e. The molecule has 0 saturated carbocycles. The number of nitrogens with zero attached hydrogens (tertiary/aromatic N) is 1. The number of hydrogen-bond acceptors (Lipinski definition) is 3. The van der Waals surface area contributed by atoms with Gasteiger partial charge in [-0.05, 0) is 13.8 Å². The van der Waals surface area contributed by atoms with Crippen LogP contribution in [-0.2, 0) is 19.3 Å². The van der Waals surface area contributed by atoms with Gasteiger partial charge in [0.1, 0.15) is 5.41 Å². The lowest BCUT2D eigenvalue weighted by atomic mass is 9.93. The second-order valence-corrected chi connectivity index (χ2v) is 6.05. The molecule has 0 unspecified atom stereocenters. The van der Waals surface area contributed by atoms with Gasteiger partial charge < -0.3 is 5.11 Å². The summed E-state index contributed by atoms with van der Waals surface area (Å²) >= 11 is 0. The molecule has 5 nitrogen and oxygen atoms in total. The quantitative estimate of drug-likeness (QED) is 0.662. The summed E-state index contributed by atoms with van der Waals surface area (Å²) in [6.45, 7) is 2.46. The van der Waals surface area contributed by atoms with Gasteiger partial charge in [-0.3, -0.25) is 9.59 Å². The van der Waals surface area contributed by atoms with Gasteiger partial charge >= 0.3 is 5.97 Å². The number of carboxylic acids is 1. The molecule has 0 aromatic heterocycles. The van der Waals surface area contributed by atoms with Crippen molar-refractivity contribution in [3.8, 4) is 0 Å². The van der Waals surface area contributed by atoms with Gasteiger partial charge in [0.25, 0.3) is 5.91 Å². The van der Waals surface area contributed by atoms with E-state index in [9.17, 15) is 13.8 Å². The highest BCUT2D eigenvalue weighted by atomic mass is 32.2. The predicted octanol–water partition coefficient (Wildman–Crippen LogP) is 0.351. The molecule has 0 heterocycles. The Hall–Kier alpha value is -0.910. The van der Waals surface area contributed by atoms with E-state index >= 15 is 0 Å². The fourth-order valence-corrected chi connectivity index (χ4v) is 1.03. The van der Waals surface area contributed by atoms with Crippen LogP contribution in [0.1, 0.15) is 13.8 Å². The Bertz CT molecular complexity index is 342. The number of carboxylic acid groups (broad SMARTS) is 1. The van der Waals surface area contributed by atoms with Crippen LogP contribution in [0.4, 0.5) is 0 Å². The monoisotopic (exact) mass is 207 g/mol. The molecule has 6 heteroatoms. The number of rotatable bonds is 2. The van der Waals surface area contributed by atoms with E-state index in [-0.39, 0.29) is 0 Å². The van der Waals surface area contributed by atoms with E-state index in [1.54, 1.807) is 0 Å². The summed E-state index contributed by atoms with van der Waals surface area (Å²) in [7, 11) is -2.58. The number of hydrogen-bond donors (Lipinski definition) is 1. The fourth-order valence-electron chi connectivity index (χ4n) is 0.405. The van der Waals surface area contributed by atoms with Crippen molar-refractivity contribution in [3.05, 3.63) is 0 Å². The second-order valence-electron chi connectivity index (χ2n) is 3.51. The van der Waals surface area contributed by atoms with Crippen molar-refractivity contribution in [1.29, 1.82) is 0 Å². The molecule has 0 rings (SSSR count). The molecule has 0 aromatic carbocycles. The maximum Gasteiger partial charge on any atom is 0.318 e. The van der Waals surface area contributed by atoms with Crippen LogP contribution in [0.25, 0.3) is 0 Å². The first-order valence-corrected chi connectivity index (χ1v) is 5.85. The van der Waals surface area contributed by atoms with Gasteiger partial charge in [0, 0.05) is 22.2 Å². The van der Waals surface area contributed by atoms with E-state index in [2.05, 4.69) is 4.36 Å². The molecule has 0 atom stereocenters. The third-order valence-electron chi connectivity index (χ3n) is 1.37. The molecule has 0 bridgehead atoms. The third kappa shape index (κ3) is 3.54. The van der Waals surface area contributed by atoms with Crippen molar-refractivity contribution >= 4 is 21.6 Å². The Balaban J connectivity index is 5.06. The van der Waals surface area contributed by atoms with Crippen LogP contribution in [-0.4, -0.2) is 33.7 Å². The van der Waals surface area contributed by atoms with Gasteiger partial charge in [-0.2, -0.15) is 4.36 Å². The Labute approximate surface area is 77.3 Å². The van der Waals surface area contributed by atoms with Crippen LogP contribution < -0.4 is 0 Å². The molecule has 0 saturated heterocycles. The number of carbonyl (C=O) groups excluding carboxylic acids is 1. The molecule has 76 valence electrons. The molecule has 0 spiro atoms. The lowest BCUT2D eigenvalue weighted by Crippen LogP contribution is -2.32. The maximum atomic E-state index is 11.2. The standard InChI is InChI=1S/C7H13NO4S/c1-7(2,6(10)11)5(9)8-13(3,4)12/h1-4H3,(H,10,11). The second kappa shape index (κ2) is 3.45. The van der Waals surface area contributed by atoms with Crippen LogP contribution in [0, 0.1) is 5.41 Å². The van der Waals surface area contributed by atoms with Gasteiger partial charge in [0.2, 0.25) is 0 Å². The van der Waals surface area contributed by atoms with Crippen molar-refractivity contribution in [2.45, 2.75) is 13.8 Å². The highest BCUT2D eigenvalue weighted by Gasteiger charge is 2.36. The molecule has 1 N–H and O–H groups in total. The Morgan fingerprint density at radius 1 is 1.31 bits per heavy atom. The lowest BCUT2D eigenvalue weighted by molar-refractivity contribution is -0.152. The summed E-state index contributed by atoms with van der Waals surface area (Å²) in [4.78, 5) is 21.8. The molecular weight excluding hydrogens is 194 g/mol. The minimum absolute atomic E-state index is 0.866. The predicted molar refractivity (Wildman–Crippen MR) is 48.8 cm³/mol. The number of carbonyl (C=O) groups is 2. The molecule has 0 fully saturated rings. The van der Waals surface area contributed by atoms with Gasteiger partial charge in [-0.25, -0.2) is 4.21 Å². The summed E-state index contributed by atoms with van der Waals surface area (Å²) in [6, 6.07) is 0. The topological polar surface area (TPSA) is 83.8 Å². The Morgan fingerprint density at radius 3 is 1.92 bits per heavy atom. The van der Waals surface area contributed by atoms with Crippen molar-refractivity contribution in [1.82, 2.24) is 0 Å². The summed E-state index contributed by atoms with van der Waals surface area (Å²) in [5, 5.41) is 8.63. The average Bonchev–Trinajstić information content (AvgIpc) is 1.82. The van der Waals surface area contributed by atoms with Crippen LogP contribution in [0.5, 0.6) is 0 Å². The van der Waals surface area contributed by atoms with Crippen molar-refractivity contribution in [2.24, 2.45) is 9.78 Å². The van der Waals surface area contributed by atoms with Gasteiger partial charge in [-0.15, -0.1) is 0 Å². The smallest absolute Gasteiger partial charge is 0.318 e. The highest BCUT2D eigenvalue weighted by molar-refractivity contribution is 7.92. The first-order chi connectivity index (χ1) is 5.57. The molecule has 13 heavy (non-hydrogen) atoms. The summed E-state index contributed by atoms with van der Waals surface area (Å²) in [6.07, 6.45) is 2.56. The van der Waals surface area contributed by atoms with Crippen molar-refractivity contribution < 1.29 is 18.9 Å². The summed E-state index contributed by atoms with van der Waals surface area (Å²) < 4.78 is 14.4. The fraction of sp³-hybridized carbons (Fsp3) is 0.714. The van der Waals surface area contributed by atoms with E-state index in [4.69, 9.17) is 5.11 Å². The largest absolute Gasteiger partial charge is 0.480 e. The first kappa shape index (κ1) is 12.1. The zero-order valence-electron chi connectivity index (χ0n) is 8.03. The van der Waals surface area contributed by atoms with E-state index in [0.717, 1.165) is 0 Å². The third-order valence-corrected chi connectivity index (χ3v) is 1.98. The van der Waals surface area contributed by atoms with E-state index in [0.29, 0.717) is 0 Å². The normalized spacial score (nSPS) is 12.3. The molecule has 0 aliphatic heterocycles.